The highest BCUT2D eigenvalue weighted by atomic mass is 19.3. The molecule has 3 aromatic rings. The Labute approximate surface area is 156 Å². The van der Waals surface area contributed by atoms with Crippen molar-refractivity contribution in [3.05, 3.63) is 42.4 Å². The van der Waals surface area contributed by atoms with Gasteiger partial charge in [0, 0.05) is 43.1 Å². The van der Waals surface area contributed by atoms with Gasteiger partial charge in [0.15, 0.2) is 0 Å². The first-order chi connectivity index (χ1) is 12.8. The van der Waals surface area contributed by atoms with Gasteiger partial charge in [-0.05, 0) is 37.5 Å². The molecule has 0 amide bonds. The van der Waals surface area contributed by atoms with Crippen molar-refractivity contribution in [1.29, 1.82) is 0 Å². The zero-order valence-corrected chi connectivity index (χ0v) is 15.5. The van der Waals surface area contributed by atoms with E-state index in [9.17, 15) is 8.78 Å². The van der Waals surface area contributed by atoms with Crippen LogP contribution >= 0.6 is 0 Å². The van der Waals surface area contributed by atoms with Crippen LogP contribution in [0.15, 0.2) is 31.0 Å². The molecule has 1 fully saturated rings. The van der Waals surface area contributed by atoms with Crippen molar-refractivity contribution in [3.63, 3.8) is 0 Å². The van der Waals surface area contributed by atoms with Gasteiger partial charge >= 0.3 is 0 Å². The van der Waals surface area contributed by atoms with Gasteiger partial charge in [-0.2, -0.15) is 10.2 Å². The van der Waals surface area contributed by atoms with E-state index in [2.05, 4.69) is 33.3 Å². The van der Waals surface area contributed by atoms with E-state index >= 15 is 0 Å². The Morgan fingerprint density at radius 1 is 1.33 bits per heavy atom. The minimum Gasteiger partial charge on any atom is -0.381 e. The average molecular weight is 371 g/mol. The third kappa shape index (κ3) is 3.46. The molecule has 2 N–H and O–H groups in total. The Morgan fingerprint density at radius 3 is 2.74 bits per heavy atom. The maximum absolute atomic E-state index is 13.4. The van der Waals surface area contributed by atoms with Crippen molar-refractivity contribution in [2.45, 2.75) is 44.6 Å². The average Bonchev–Trinajstić information content (AvgIpc) is 3.18. The topological polar surface area (TPSA) is 58.5 Å². The van der Waals surface area contributed by atoms with Gasteiger partial charge in [-0.15, -0.1) is 0 Å². The van der Waals surface area contributed by atoms with Crippen molar-refractivity contribution in [3.8, 4) is 11.1 Å². The number of aromatic amines is 1. The van der Waals surface area contributed by atoms with Crippen LogP contribution in [-0.2, 0) is 7.05 Å². The van der Waals surface area contributed by atoms with E-state index in [4.69, 9.17) is 0 Å². The van der Waals surface area contributed by atoms with E-state index in [1.165, 1.54) is 0 Å². The van der Waals surface area contributed by atoms with Crippen LogP contribution in [-0.4, -0.2) is 31.9 Å². The summed E-state index contributed by atoms with van der Waals surface area (Å²) in [6.07, 6.45) is 2.71. The molecule has 1 aliphatic rings. The SMILES string of the molecule is C=C(NC1CCC(F)(F)CC1)c1n[nH]c2ccc(-c3cn(C)nc3C)cc12. The van der Waals surface area contributed by atoms with E-state index in [0.717, 1.165) is 33.4 Å². The number of halogens is 2. The van der Waals surface area contributed by atoms with Crippen LogP contribution in [0.1, 0.15) is 37.1 Å². The Bertz CT molecular complexity index is 991. The minimum absolute atomic E-state index is 0.00706. The van der Waals surface area contributed by atoms with Gasteiger partial charge in [0.25, 0.3) is 0 Å². The summed E-state index contributed by atoms with van der Waals surface area (Å²) in [5.41, 5.74) is 5.39. The molecule has 1 aliphatic carbocycles. The third-order valence-electron chi connectivity index (χ3n) is 5.27. The molecule has 27 heavy (non-hydrogen) atoms. The summed E-state index contributed by atoms with van der Waals surface area (Å²) in [6.45, 7) is 6.09. The van der Waals surface area contributed by atoms with E-state index in [1.54, 1.807) is 4.68 Å². The number of benzene rings is 1. The molecule has 0 unspecified atom stereocenters. The highest BCUT2D eigenvalue weighted by molar-refractivity contribution is 5.92. The number of fused-ring (bicyclic) bond motifs is 1. The fourth-order valence-electron chi connectivity index (χ4n) is 3.79. The first kappa shape index (κ1) is 17.7. The smallest absolute Gasteiger partial charge is 0.248 e. The number of H-pyrrole nitrogens is 1. The molecule has 2 aromatic heterocycles. The van der Waals surface area contributed by atoms with Crippen molar-refractivity contribution in [2.24, 2.45) is 7.05 Å². The molecule has 2 heterocycles. The molecule has 4 rings (SSSR count). The summed E-state index contributed by atoms with van der Waals surface area (Å²) >= 11 is 0. The first-order valence-corrected chi connectivity index (χ1v) is 9.15. The summed E-state index contributed by atoms with van der Waals surface area (Å²) in [5.74, 6) is -2.53. The van der Waals surface area contributed by atoms with Crippen molar-refractivity contribution in [2.75, 3.05) is 0 Å². The number of hydrogen-bond acceptors (Lipinski definition) is 3. The molecule has 0 spiro atoms. The maximum Gasteiger partial charge on any atom is 0.248 e. The lowest BCUT2D eigenvalue weighted by Gasteiger charge is -2.29. The van der Waals surface area contributed by atoms with E-state index in [1.807, 2.05) is 32.3 Å². The normalized spacial score (nSPS) is 17.3. The van der Waals surface area contributed by atoms with Crippen molar-refractivity contribution < 1.29 is 8.78 Å². The molecular weight excluding hydrogens is 348 g/mol. The zero-order valence-electron chi connectivity index (χ0n) is 15.5. The Kier molecular flexibility index (Phi) is 4.25. The van der Waals surface area contributed by atoms with Crippen molar-refractivity contribution >= 4 is 16.6 Å². The van der Waals surface area contributed by atoms with Gasteiger partial charge in [-0.3, -0.25) is 9.78 Å². The number of aryl methyl sites for hydroxylation is 2. The summed E-state index contributed by atoms with van der Waals surface area (Å²) in [6, 6.07) is 6.10. The number of nitrogens with one attached hydrogen (secondary N) is 2. The van der Waals surface area contributed by atoms with Crippen molar-refractivity contribution in [1.82, 2.24) is 25.3 Å². The van der Waals surface area contributed by atoms with E-state index in [-0.39, 0.29) is 18.9 Å². The molecule has 0 saturated heterocycles. The summed E-state index contributed by atoms with van der Waals surface area (Å²) < 4.78 is 28.5. The summed E-state index contributed by atoms with van der Waals surface area (Å²) in [4.78, 5) is 0. The van der Waals surface area contributed by atoms with Gasteiger partial charge in [0.05, 0.1) is 16.9 Å². The third-order valence-corrected chi connectivity index (χ3v) is 5.27. The van der Waals surface area contributed by atoms with Gasteiger partial charge in [0.1, 0.15) is 5.69 Å². The van der Waals surface area contributed by atoms with Crippen LogP contribution in [0.4, 0.5) is 8.78 Å². The molecule has 0 atom stereocenters. The molecule has 142 valence electrons. The maximum atomic E-state index is 13.4. The van der Waals surface area contributed by atoms with Crippen LogP contribution in [0.2, 0.25) is 0 Å². The minimum atomic E-state index is -2.53. The van der Waals surface area contributed by atoms with E-state index in [0.29, 0.717) is 18.5 Å². The predicted molar refractivity (Wildman–Crippen MR) is 102 cm³/mol. The van der Waals surface area contributed by atoms with Crippen LogP contribution in [0, 0.1) is 6.92 Å². The fraction of sp³-hybridized carbons (Fsp3) is 0.400. The van der Waals surface area contributed by atoms with Crippen LogP contribution in [0.5, 0.6) is 0 Å². The fourth-order valence-corrected chi connectivity index (χ4v) is 3.79. The zero-order chi connectivity index (χ0) is 19.2. The number of nitrogens with zero attached hydrogens (tertiary/aromatic N) is 3. The molecule has 7 heteroatoms. The highest BCUT2D eigenvalue weighted by Gasteiger charge is 2.35. The van der Waals surface area contributed by atoms with Gasteiger partial charge in [-0.1, -0.05) is 12.6 Å². The molecular formula is C20H23F2N5. The Morgan fingerprint density at radius 2 is 2.07 bits per heavy atom. The quantitative estimate of drug-likeness (QED) is 0.714. The Hall–Kier alpha value is -2.70. The molecule has 1 saturated carbocycles. The number of alkyl halides is 2. The lowest BCUT2D eigenvalue weighted by atomic mass is 9.92. The highest BCUT2D eigenvalue weighted by Crippen LogP contribution is 2.34. The lowest BCUT2D eigenvalue weighted by Crippen LogP contribution is -2.36. The molecule has 1 aromatic carbocycles. The van der Waals surface area contributed by atoms with Crippen LogP contribution < -0.4 is 5.32 Å². The van der Waals surface area contributed by atoms with Gasteiger partial charge < -0.3 is 5.32 Å². The molecule has 0 radical (unpaired) electrons. The lowest BCUT2D eigenvalue weighted by molar-refractivity contribution is -0.0392. The van der Waals surface area contributed by atoms with Gasteiger partial charge in [0.2, 0.25) is 5.92 Å². The summed E-state index contributed by atoms with van der Waals surface area (Å²) in [5, 5.41) is 16.1. The molecule has 0 aliphatic heterocycles. The second kappa shape index (κ2) is 6.48. The largest absolute Gasteiger partial charge is 0.381 e. The molecule has 0 bridgehead atoms. The Balaban J connectivity index is 1.59. The summed E-state index contributed by atoms with van der Waals surface area (Å²) in [7, 11) is 1.90. The van der Waals surface area contributed by atoms with E-state index < -0.39 is 5.92 Å². The molecule has 5 nitrogen and oxygen atoms in total. The van der Waals surface area contributed by atoms with Gasteiger partial charge in [-0.25, -0.2) is 8.78 Å². The second-order valence-corrected chi connectivity index (χ2v) is 7.39. The predicted octanol–water partition coefficient (Wildman–Crippen LogP) is 4.41. The number of aromatic nitrogens is 4. The van der Waals surface area contributed by atoms with Crippen LogP contribution in [0.25, 0.3) is 27.7 Å². The van der Waals surface area contributed by atoms with Crippen LogP contribution in [0.3, 0.4) is 0 Å². The second-order valence-electron chi connectivity index (χ2n) is 7.39. The first-order valence-electron chi connectivity index (χ1n) is 9.15. The standard InChI is InChI=1S/C20H23F2N5/c1-12-17(11-27(3)26-12)14-4-5-18-16(10-14)19(25-24-18)13(2)23-15-6-8-20(21,22)9-7-15/h4-5,10-11,15,23H,2,6-9H2,1,3H3,(H,24,25). The monoisotopic (exact) mass is 371 g/mol. The number of rotatable bonds is 4. The number of hydrogen-bond donors (Lipinski definition) is 2.